The third-order valence-corrected chi connectivity index (χ3v) is 4.20. The maximum atomic E-state index is 12.7. The minimum absolute atomic E-state index is 0.0288. The minimum atomic E-state index is -4.63. The molecule has 0 aromatic heterocycles. The standard InChI is InChI=1S/C19H14ClF3N2O6/c20-14-5-4-12(19(21,22)23)9-15(14)24-17(27)6-7-18(28)31-10-16(26)11-2-1-3-13(8-11)25(29)30/h1-5,8-9H,6-7,10H2,(H,24,27). The van der Waals surface area contributed by atoms with Crippen molar-refractivity contribution < 1.29 is 37.2 Å². The highest BCUT2D eigenvalue weighted by Crippen LogP contribution is 2.33. The van der Waals surface area contributed by atoms with Crippen molar-refractivity contribution in [3.05, 3.63) is 68.7 Å². The van der Waals surface area contributed by atoms with Gasteiger partial charge in [0.2, 0.25) is 11.7 Å². The Morgan fingerprint density at radius 3 is 2.45 bits per heavy atom. The Hall–Kier alpha value is -3.47. The molecular weight excluding hydrogens is 445 g/mol. The zero-order valence-electron chi connectivity index (χ0n) is 15.6. The molecule has 0 spiro atoms. The number of hydrogen-bond donors (Lipinski definition) is 1. The molecule has 1 amide bonds. The van der Waals surface area contributed by atoms with Crippen LogP contribution in [-0.2, 0) is 20.5 Å². The van der Waals surface area contributed by atoms with Crippen LogP contribution in [0.15, 0.2) is 42.5 Å². The summed E-state index contributed by atoms with van der Waals surface area (Å²) in [7, 11) is 0. The molecule has 0 aliphatic carbocycles. The summed E-state index contributed by atoms with van der Waals surface area (Å²) in [5.41, 5.74) is -1.61. The van der Waals surface area contributed by atoms with E-state index in [0.717, 1.165) is 18.2 Å². The first-order valence-corrected chi connectivity index (χ1v) is 8.95. The van der Waals surface area contributed by atoms with Gasteiger partial charge >= 0.3 is 12.1 Å². The van der Waals surface area contributed by atoms with Gasteiger partial charge in [-0.15, -0.1) is 0 Å². The van der Waals surface area contributed by atoms with E-state index < -0.39 is 53.8 Å². The molecule has 0 unspecified atom stereocenters. The number of alkyl halides is 3. The first-order chi connectivity index (χ1) is 14.5. The molecule has 2 rings (SSSR count). The van der Waals surface area contributed by atoms with Crippen molar-refractivity contribution in [3.8, 4) is 0 Å². The number of anilines is 1. The van der Waals surface area contributed by atoms with Gasteiger partial charge in [0.15, 0.2) is 6.61 Å². The second-order valence-corrected chi connectivity index (χ2v) is 6.54. The number of halogens is 4. The summed E-state index contributed by atoms with van der Waals surface area (Å²) in [5.74, 6) is -2.38. The number of benzene rings is 2. The third kappa shape index (κ3) is 7.07. The average Bonchev–Trinajstić information content (AvgIpc) is 2.71. The van der Waals surface area contributed by atoms with Crippen LogP contribution in [0.25, 0.3) is 0 Å². The average molecular weight is 459 g/mol. The highest BCUT2D eigenvalue weighted by Gasteiger charge is 2.31. The summed E-state index contributed by atoms with van der Waals surface area (Å²) in [5, 5.41) is 12.8. The predicted molar refractivity (Wildman–Crippen MR) is 103 cm³/mol. The lowest BCUT2D eigenvalue weighted by molar-refractivity contribution is -0.384. The van der Waals surface area contributed by atoms with Crippen LogP contribution in [0.1, 0.15) is 28.8 Å². The Morgan fingerprint density at radius 2 is 1.81 bits per heavy atom. The van der Waals surface area contributed by atoms with Crippen LogP contribution < -0.4 is 5.32 Å². The number of nitrogens with zero attached hydrogens (tertiary/aromatic N) is 1. The molecule has 2 aromatic rings. The topological polar surface area (TPSA) is 116 Å². The second kappa shape index (κ2) is 10.0. The van der Waals surface area contributed by atoms with Crippen LogP contribution in [0.4, 0.5) is 24.5 Å². The lowest BCUT2D eigenvalue weighted by Gasteiger charge is -2.11. The van der Waals surface area contributed by atoms with E-state index in [4.69, 9.17) is 16.3 Å². The quantitative estimate of drug-likeness (QED) is 0.271. The second-order valence-electron chi connectivity index (χ2n) is 6.13. The summed E-state index contributed by atoms with van der Waals surface area (Å²) in [6, 6.07) is 7.24. The maximum Gasteiger partial charge on any atom is 0.416 e. The first-order valence-electron chi connectivity index (χ1n) is 8.57. The van der Waals surface area contributed by atoms with Crippen molar-refractivity contribution >= 4 is 40.6 Å². The fourth-order valence-corrected chi connectivity index (χ4v) is 2.48. The van der Waals surface area contributed by atoms with Gasteiger partial charge < -0.3 is 10.1 Å². The van der Waals surface area contributed by atoms with Crippen molar-refractivity contribution in [1.29, 1.82) is 0 Å². The molecule has 0 fully saturated rings. The number of amides is 1. The van der Waals surface area contributed by atoms with Crippen LogP contribution in [0.5, 0.6) is 0 Å². The molecule has 2 aromatic carbocycles. The summed E-state index contributed by atoms with van der Waals surface area (Å²) >= 11 is 5.77. The number of Topliss-reactive ketones (excluding diaryl/α,β-unsaturated/α-hetero) is 1. The molecule has 0 bridgehead atoms. The van der Waals surface area contributed by atoms with Gasteiger partial charge in [-0.2, -0.15) is 13.2 Å². The van der Waals surface area contributed by atoms with Gasteiger partial charge in [0.1, 0.15) is 0 Å². The molecule has 0 saturated heterocycles. The number of esters is 1. The number of nitro benzene ring substituents is 1. The zero-order chi connectivity index (χ0) is 23.2. The number of ketones is 1. The molecule has 0 atom stereocenters. The van der Waals surface area contributed by atoms with Gasteiger partial charge in [-0.3, -0.25) is 24.5 Å². The summed E-state index contributed by atoms with van der Waals surface area (Å²) in [6.07, 6.45) is -5.51. The molecule has 0 heterocycles. The van der Waals surface area contributed by atoms with E-state index >= 15 is 0 Å². The third-order valence-electron chi connectivity index (χ3n) is 3.87. The number of nitro groups is 1. The Bertz CT molecular complexity index is 1030. The smallest absolute Gasteiger partial charge is 0.416 e. The van der Waals surface area contributed by atoms with Crippen molar-refractivity contribution in [2.45, 2.75) is 19.0 Å². The fraction of sp³-hybridized carbons (Fsp3) is 0.211. The number of non-ortho nitro benzene ring substituents is 1. The van der Waals surface area contributed by atoms with E-state index in [1.54, 1.807) is 0 Å². The van der Waals surface area contributed by atoms with E-state index in [9.17, 15) is 37.7 Å². The molecule has 8 nitrogen and oxygen atoms in total. The highest BCUT2D eigenvalue weighted by molar-refractivity contribution is 6.33. The molecule has 1 N–H and O–H groups in total. The van der Waals surface area contributed by atoms with E-state index in [0.29, 0.717) is 6.07 Å². The molecule has 0 radical (unpaired) electrons. The molecule has 164 valence electrons. The number of rotatable bonds is 8. The molecule has 31 heavy (non-hydrogen) atoms. The van der Waals surface area contributed by atoms with E-state index in [-0.39, 0.29) is 22.0 Å². The van der Waals surface area contributed by atoms with Gasteiger partial charge in [-0.25, -0.2) is 0 Å². The largest absolute Gasteiger partial charge is 0.457 e. The van der Waals surface area contributed by atoms with Crippen LogP contribution in [0.2, 0.25) is 5.02 Å². The number of ether oxygens (including phenoxy) is 1. The van der Waals surface area contributed by atoms with Gasteiger partial charge in [0.05, 0.1) is 27.6 Å². The van der Waals surface area contributed by atoms with Crippen LogP contribution in [0.3, 0.4) is 0 Å². The summed E-state index contributed by atoms with van der Waals surface area (Å²) in [6.45, 7) is -0.693. The molecular formula is C19H14ClF3N2O6. The summed E-state index contributed by atoms with van der Waals surface area (Å²) in [4.78, 5) is 45.6. The fourth-order valence-electron chi connectivity index (χ4n) is 2.32. The van der Waals surface area contributed by atoms with Crippen molar-refractivity contribution in [2.24, 2.45) is 0 Å². The zero-order valence-corrected chi connectivity index (χ0v) is 16.3. The first kappa shape index (κ1) is 23.8. The Morgan fingerprint density at radius 1 is 1.10 bits per heavy atom. The number of hydrogen-bond acceptors (Lipinski definition) is 6. The van der Waals surface area contributed by atoms with E-state index in [2.05, 4.69) is 5.32 Å². The predicted octanol–water partition coefficient (Wildman–Crippen LogP) is 4.41. The van der Waals surface area contributed by atoms with Crippen LogP contribution in [-0.4, -0.2) is 29.2 Å². The molecule has 12 heteroatoms. The highest BCUT2D eigenvalue weighted by atomic mass is 35.5. The SMILES string of the molecule is O=C(CCC(=O)OCC(=O)c1cccc([N+](=O)[O-])c1)Nc1cc(C(F)(F)F)ccc1Cl. The van der Waals surface area contributed by atoms with Gasteiger partial charge in [-0.1, -0.05) is 23.7 Å². The van der Waals surface area contributed by atoms with Crippen molar-refractivity contribution in [1.82, 2.24) is 0 Å². The monoisotopic (exact) mass is 458 g/mol. The normalized spacial score (nSPS) is 11.0. The maximum absolute atomic E-state index is 12.7. The lowest BCUT2D eigenvalue weighted by Crippen LogP contribution is -2.18. The molecule has 0 aliphatic heterocycles. The van der Waals surface area contributed by atoms with Gasteiger partial charge in [0.25, 0.3) is 5.69 Å². The minimum Gasteiger partial charge on any atom is -0.457 e. The number of carbonyl (C=O) groups is 3. The number of carbonyl (C=O) groups excluding carboxylic acids is 3. The van der Waals surface area contributed by atoms with E-state index in [1.807, 2.05) is 0 Å². The number of nitrogens with one attached hydrogen (secondary N) is 1. The van der Waals surface area contributed by atoms with Crippen LogP contribution in [0, 0.1) is 10.1 Å². The molecule has 0 saturated carbocycles. The van der Waals surface area contributed by atoms with Gasteiger partial charge in [-0.05, 0) is 18.2 Å². The van der Waals surface area contributed by atoms with Crippen molar-refractivity contribution in [2.75, 3.05) is 11.9 Å². The Balaban J connectivity index is 1.85. The Kier molecular flexibility index (Phi) is 7.70. The van der Waals surface area contributed by atoms with Crippen LogP contribution >= 0.6 is 11.6 Å². The molecule has 0 aliphatic rings. The van der Waals surface area contributed by atoms with Gasteiger partial charge in [0, 0.05) is 24.1 Å². The summed E-state index contributed by atoms with van der Waals surface area (Å²) < 4.78 is 43.0. The Labute approximate surface area is 178 Å². The van der Waals surface area contributed by atoms with Crippen molar-refractivity contribution in [3.63, 3.8) is 0 Å². The lowest BCUT2D eigenvalue weighted by atomic mass is 10.1. The van der Waals surface area contributed by atoms with E-state index in [1.165, 1.54) is 18.2 Å².